The molecule has 2 heterocycles. The second-order valence-corrected chi connectivity index (χ2v) is 3.79. The second-order valence-electron chi connectivity index (χ2n) is 3.79. The monoisotopic (exact) mass is 227 g/mol. The molecule has 0 unspecified atom stereocenters. The number of carbonyl (C=O) groups excluding carboxylic acids is 1. The lowest BCUT2D eigenvalue weighted by atomic mass is 10.2. The number of pyridine rings is 2. The quantitative estimate of drug-likeness (QED) is 0.856. The SMILES string of the molecule is Cc1cccc(C(=O)Nc2ncccc2C)n1. The Morgan fingerprint density at radius 1 is 1.18 bits per heavy atom. The molecule has 0 saturated carbocycles. The molecule has 0 atom stereocenters. The summed E-state index contributed by atoms with van der Waals surface area (Å²) in [7, 11) is 0. The van der Waals surface area contributed by atoms with Gasteiger partial charge in [0.05, 0.1) is 0 Å². The van der Waals surface area contributed by atoms with E-state index in [2.05, 4.69) is 15.3 Å². The predicted octanol–water partition coefficient (Wildman–Crippen LogP) is 2.35. The number of nitrogens with one attached hydrogen (secondary N) is 1. The maximum atomic E-state index is 11.9. The van der Waals surface area contributed by atoms with Gasteiger partial charge in [0.1, 0.15) is 11.5 Å². The van der Waals surface area contributed by atoms with Crippen molar-refractivity contribution in [3.63, 3.8) is 0 Å². The fourth-order valence-electron chi connectivity index (χ4n) is 1.46. The first kappa shape index (κ1) is 11.3. The zero-order valence-electron chi connectivity index (χ0n) is 9.77. The van der Waals surface area contributed by atoms with Crippen LogP contribution in [0.5, 0.6) is 0 Å². The number of hydrogen-bond donors (Lipinski definition) is 1. The molecule has 0 radical (unpaired) electrons. The van der Waals surface area contributed by atoms with Gasteiger partial charge in [0.15, 0.2) is 0 Å². The molecule has 0 aliphatic carbocycles. The summed E-state index contributed by atoms with van der Waals surface area (Å²) in [5, 5.41) is 2.74. The van der Waals surface area contributed by atoms with Crippen molar-refractivity contribution in [1.29, 1.82) is 0 Å². The average molecular weight is 227 g/mol. The maximum absolute atomic E-state index is 11.9. The van der Waals surface area contributed by atoms with E-state index in [0.717, 1.165) is 11.3 Å². The summed E-state index contributed by atoms with van der Waals surface area (Å²) in [6.07, 6.45) is 1.65. The van der Waals surface area contributed by atoms with Gasteiger partial charge in [-0.1, -0.05) is 12.1 Å². The van der Waals surface area contributed by atoms with E-state index in [1.807, 2.05) is 38.1 Å². The molecular formula is C13H13N3O. The highest BCUT2D eigenvalue weighted by Gasteiger charge is 2.09. The molecule has 0 fully saturated rings. The maximum Gasteiger partial charge on any atom is 0.275 e. The first-order valence-electron chi connectivity index (χ1n) is 5.33. The first-order chi connectivity index (χ1) is 8.16. The molecule has 4 nitrogen and oxygen atoms in total. The number of hydrogen-bond acceptors (Lipinski definition) is 3. The lowest BCUT2D eigenvalue weighted by Gasteiger charge is -2.06. The fraction of sp³-hybridized carbons (Fsp3) is 0.154. The van der Waals surface area contributed by atoms with Crippen molar-refractivity contribution in [2.24, 2.45) is 0 Å². The van der Waals surface area contributed by atoms with Gasteiger partial charge in [-0.3, -0.25) is 4.79 Å². The molecule has 0 bridgehead atoms. The largest absolute Gasteiger partial charge is 0.305 e. The van der Waals surface area contributed by atoms with Crippen LogP contribution in [0.4, 0.5) is 5.82 Å². The molecule has 1 amide bonds. The second kappa shape index (κ2) is 4.74. The number of anilines is 1. The number of amides is 1. The van der Waals surface area contributed by atoms with Crippen LogP contribution in [0.3, 0.4) is 0 Å². The van der Waals surface area contributed by atoms with Crippen molar-refractivity contribution < 1.29 is 4.79 Å². The Hall–Kier alpha value is -2.23. The van der Waals surface area contributed by atoms with E-state index in [0.29, 0.717) is 11.5 Å². The molecule has 86 valence electrons. The Balaban J connectivity index is 2.20. The van der Waals surface area contributed by atoms with E-state index < -0.39 is 0 Å². The van der Waals surface area contributed by atoms with Crippen molar-refractivity contribution in [3.8, 4) is 0 Å². The molecule has 0 aromatic carbocycles. The first-order valence-corrected chi connectivity index (χ1v) is 5.33. The highest BCUT2D eigenvalue weighted by molar-refractivity contribution is 6.02. The van der Waals surface area contributed by atoms with E-state index in [9.17, 15) is 4.79 Å². The molecule has 4 heteroatoms. The van der Waals surface area contributed by atoms with E-state index >= 15 is 0 Å². The normalized spacial score (nSPS) is 10.0. The van der Waals surface area contributed by atoms with Crippen molar-refractivity contribution in [2.45, 2.75) is 13.8 Å². The van der Waals surface area contributed by atoms with Gasteiger partial charge in [-0.15, -0.1) is 0 Å². The molecule has 17 heavy (non-hydrogen) atoms. The van der Waals surface area contributed by atoms with Crippen LogP contribution in [0.1, 0.15) is 21.7 Å². The van der Waals surface area contributed by atoms with Gasteiger partial charge in [0, 0.05) is 11.9 Å². The molecule has 2 aromatic heterocycles. The van der Waals surface area contributed by atoms with Gasteiger partial charge in [-0.25, -0.2) is 9.97 Å². The summed E-state index contributed by atoms with van der Waals surface area (Å²) < 4.78 is 0. The lowest BCUT2D eigenvalue weighted by Crippen LogP contribution is -2.15. The predicted molar refractivity (Wildman–Crippen MR) is 65.9 cm³/mol. The lowest BCUT2D eigenvalue weighted by molar-refractivity contribution is 0.102. The van der Waals surface area contributed by atoms with E-state index in [-0.39, 0.29) is 5.91 Å². The molecule has 0 saturated heterocycles. The van der Waals surface area contributed by atoms with Crippen LogP contribution in [0.2, 0.25) is 0 Å². The van der Waals surface area contributed by atoms with E-state index in [1.54, 1.807) is 12.3 Å². The van der Waals surface area contributed by atoms with Gasteiger partial charge in [-0.2, -0.15) is 0 Å². The molecule has 0 aliphatic heterocycles. The number of carbonyl (C=O) groups is 1. The van der Waals surface area contributed by atoms with Gasteiger partial charge in [-0.05, 0) is 37.6 Å². The zero-order valence-corrected chi connectivity index (χ0v) is 9.77. The Bertz CT molecular complexity index is 552. The molecular weight excluding hydrogens is 214 g/mol. The topological polar surface area (TPSA) is 54.9 Å². The summed E-state index contributed by atoms with van der Waals surface area (Å²) in [6.45, 7) is 3.75. The summed E-state index contributed by atoms with van der Waals surface area (Å²) in [6, 6.07) is 9.06. The van der Waals surface area contributed by atoms with Crippen molar-refractivity contribution >= 4 is 11.7 Å². The van der Waals surface area contributed by atoms with Crippen LogP contribution >= 0.6 is 0 Å². The minimum absolute atomic E-state index is 0.240. The molecule has 0 aliphatic rings. The van der Waals surface area contributed by atoms with Gasteiger partial charge < -0.3 is 5.32 Å². The average Bonchev–Trinajstić information content (AvgIpc) is 2.32. The number of aryl methyl sites for hydroxylation is 2. The summed E-state index contributed by atoms with van der Waals surface area (Å²) in [5.41, 5.74) is 2.14. The minimum atomic E-state index is -0.240. The zero-order chi connectivity index (χ0) is 12.3. The Morgan fingerprint density at radius 2 is 2.00 bits per heavy atom. The van der Waals surface area contributed by atoms with Gasteiger partial charge >= 0.3 is 0 Å². The number of aromatic nitrogens is 2. The third-order valence-electron chi connectivity index (χ3n) is 2.36. The molecule has 2 aromatic rings. The van der Waals surface area contributed by atoms with Crippen LogP contribution in [0, 0.1) is 13.8 Å². The fourth-order valence-corrected chi connectivity index (χ4v) is 1.46. The van der Waals surface area contributed by atoms with Gasteiger partial charge in [0.25, 0.3) is 5.91 Å². The van der Waals surface area contributed by atoms with E-state index in [1.165, 1.54) is 0 Å². The molecule has 0 spiro atoms. The highest BCUT2D eigenvalue weighted by atomic mass is 16.1. The molecule has 1 N–H and O–H groups in total. The Kier molecular flexibility index (Phi) is 3.14. The summed E-state index contributed by atoms with van der Waals surface area (Å²) >= 11 is 0. The minimum Gasteiger partial charge on any atom is -0.305 e. The van der Waals surface area contributed by atoms with Crippen LogP contribution in [0.25, 0.3) is 0 Å². The van der Waals surface area contributed by atoms with E-state index in [4.69, 9.17) is 0 Å². The molecule has 2 rings (SSSR count). The summed E-state index contributed by atoms with van der Waals surface area (Å²) in [5.74, 6) is 0.330. The van der Waals surface area contributed by atoms with Crippen LogP contribution < -0.4 is 5.32 Å². The van der Waals surface area contributed by atoms with Crippen molar-refractivity contribution in [1.82, 2.24) is 9.97 Å². The third-order valence-corrected chi connectivity index (χ3v) is 2.36. The van der Waals surface area contributed by atoms with Crippen LogP contribution in [0.15, 0.2) is 36.5 Å². The van der Waals surface area contributed by atoms with Crippen LogP contribution in [-0.4, -0.2) is 15.9 Å². The third kappa shape index (κ3) is 2.66. The standard InChI is InChI=1S/C13H13N3O/c1-9-5-4-8-14-12(9)16-13(17)11-7-3-6-10(2)15-11/h3-8H,1-2H3,(H,14,16,17). The van der Waals surface area contributed by atoms with Crippen molar-refractivity contribution in [2.75, 3.05) is 5.32 Å². The van der Waals surface area contributed by atoms with Crippen LogP contribution in [-0.2, 0) is 0 Å². The Labute approximate surface area is 99.7 Å². The van der Waals surface area contributed by atoms with Gasteiger partial charge in [0.2, 0.25) is 0 Å². The number of nitrogens with zero attached hydrogens (tertiary/aromatic N) is 2. The highest BCUT2D eigenvalue weighted by Crippen LogP contribution is 2.10. The summed E-state index contributed by atoms with van der Waals surface area (Å²) in [4.78, 5) is 20.2. The van der Waals surface area contributed by atoms with Crippen molar-refractivity contribution in [3.05, 3.63) is 53.5 Å². The Morgan fingerprint density at radius 3 is 2.71 bits per heavy atom. The number of rotatable bonds is 2. The smallest absolute Gasteiger partial charge is 0.275 e.